The Bertz CT molecular complexity index is 406. The maximum absolute atomic E-state index is 11.0. The van der Waals surface area contributed by atoms with E-state index in [4.69, 9.17) is 15.6 Å². The molecular weight excluding hydrogens is 242 g/mol. The fourth-order valence-electron chi connectivity index (χ4n) is 2.20. The second-order valence-electron chi connectivity index (χ2n) is 4.90. The lowest BCUT2D eigenvalue weighted by Gasteiger charge is -2.16. The lowest BCUT2D eigenvalue weighted by atomic mass is 9.91. The second kappa shape index (κ2) is 7.79. The predicted molar refractivity (Wildman–Crippen MR) is 75.3 cm³/mol. The summed E-state index contributed by atoms with van der Waals surface area (Å²) in [5.41, 5.74) is 6.64. The lowest BCUT2D eigenvalue weighted by Crippen LogP contribution is -2.25. The minimum atomic E-state index is -0.808. The van der Waals surface area contributed by atoms with E-state index in [1.54, 1.807) is 0 Å². The van der Waals surface area contributed by atoms with Crippen molar-refractivity contribution in [2.75, 3.05) is 13.2 Å². The summed E-state index contributed by atoms with van der Waals surface area (Å²) < 4.78 is 5.45. The van der Waals surface area contributed by atoms with Gasteiger partial charge in [0.25, 0.3) is 0 Å². The van der Waals surface area contributed by atoms with Crippen LogP contribution < -0.4 is 10.5 Å². The van der Waals surface area contributed by atoms with E-state index in [2.05, 4.69) is 6.92 Å². The van der Waals surface area contributed by atoms with E-state index < -0.39 is 11.9 Å². The zero-order valence-corrected chi connectivity index (χ0v) is 11.6. The zero-order chi connectivity index (χ0) is 14.3. The van der Waals surface area contributed by atoms with E-state index in [-0.39, 0.29) is 12.5 Å². The summed E-state index contributed by atoms with van der Waals surface area (Å²) in [6.45, 7) is 4.85. The molecule has 0 radical (unpaired) electrons. The molecule has 0 heterocycles. The largest absolute Gasteiger partial charge is 0.494 e. The molecule has 0 aliphatic heterocycles. The molecule has 1 rings (SSSR count). The quantitative estimate of drug-likeness (QED) is 0.756. The molecule has 4 nitrogen and oxygen atoms in total. The van der Waals surface area contributed by atoms with E-state index in [9.17, 15) is 4.79 Å². The minimum absolute atomic E-state index is 0.193. The van der Waals surface area contributed by atoms with E-state index >= 15 is 0 Å². The summed E-state index contributed by atoms with van der Waals surface area (Å²) >= 11 is 0. The lowest BCUT2D eigenvalue weighted by molar-refractivity contribution is -0.141. The summed E-state index contributed by atoms with van der Waals surface area (Å²) in [5, 5.41) is 9.00. The molecule has 0 saturated heterocycles. The number of nitrogens with two attached hydrogens (primary N) is 1. The van der Waals surface area contributed by atoms with Crippen molar-refractivity contribution in [2.45, 2.75) is 26.7 Å². The van der Waals surface area contributed by atoms with Crippen molar-refractivity contribution in [1.82, 2.24) is 0 Å². The third-order valence-electron chi connectivity index (χ3n) is 3.11. The van der Waals surface area contributed by atoms with Crippen molar-refractivity contribution in [1.29, 1.82) is 0 Å². The highest BCUT2D eigenvalue weighted by atomic mass is 16.5. The number of benzene rings is 1. The minimum Gasteiger partial charge on any atom is -0.494 e. The molecular formula is C15H23NO3. The van der Waals surface area contributed by atoms with Crippen LogP contribution in [-0.4, -0.2) is 24.2 Å². The SMILES string of the molecule is CCOc1cccc(CC(C)CC(CN)C(=O)O)c1. The number of ether oxygens (including phenoxy) is 1. The number of hydrogen-bond donors (Lipinski definition) is 2. The Hall–Kier alpha value is -1.55. The number of carbonyl (C=O) groups is 1. The van der Waals surface area contributed by atoms with E-state index in [0.29, 0.717) is 13.0 Å². The molecule has 0 aromatic heterocycles. The first-order valence-electron chi connectivity index (χ1n) is 6.71. The Balaban J connectivity index is 2.58. The van der Waals surface area contributed by atoms with Crippen LogP contribution in [0.5, 0.6) is 5.75 Å². The van der Waals surface area contributed by atoms with Gasteiger partial charge in [0, 0.05) is 6.54 Å². The predicted octanol–water partition coefficient (Wildman–Crippen LogP) is 2.31. The molecule has 0 amide bonds. The standard InChI is InChI=1S/C15H23NO3/c1-3-19-14-6-4-5-12(9-14)7-11(2)8-13(10-16)15(17)18/h4-6,9,11,13H,3,7-8,10,16H2,1-2H3,(H,17,18). The van der Waals surface area contributed by atoms with Gasteiger partial charge in [-0.15, -0.1) is 0 Å². The number of carboxylic acid groups (broad SMARTS) is 1. The van der Waals surface area contributed by atoms with Gasteiger partial charge in [0.15, 0.2) is 0 Å². The van der Waals surface area contributed by atoms with Crippen molar-refractivity contribution in [2.24, 2.45) is 17.6 Å². The topological polar surface area (TPSA) is 72.5 Å². The molecule has 2 atom stereocenters. The normalized spacial score (nSPS) is 13.8. The summed E-state index contributed by atoms with van der Waals surface area (Å²) in [4.78, 5) is 11.0. The Morgan fingerprint density at radius 1 is 1.47 bits per heavy atom. The molecule has 3 N–H and O–H groups in total. The molecule has 1 aromatic carbocycles. The van der Waals surface area contributed by atoms with Crippen LogP contribution in [0.4, 0.5) is 0 Å². The van der Waals surface area contributed by atoms with Gasteiger partial charge in [-0.1, -0.05) is 19.1 Å². The van der Waals surface area contributed by atoms with Crippen LogP contribution in [0.2, 0.25) is 0 Å². The van der Waals surface area contributed by atoms with Crippen LogP contribution in [-0.2, 0) is 11.2 Å². The molecule has 0 fully saturated rings. The molecule has 0 aliphatic rings. The first-order valence-corrected chi connectivity index (χ1v) is 6.71. The number of hydrogen-bond acceptors (Lipinski definition) is 3. The van der Waals surface area contributed by atoms with E-state index in [0.717, 1.165) is 12.2 Å². The maximum Gasteiger partial charge on any atom is 0.307 e. The number of aliphatic carboxylic acids is 1. The summed E-state index contributed by atoms with van der Waals surface area (Å²) in [6, 6.07) is 7.94. The molecule has 19 heavy (non-hydrogen) atoms. The van der Waals surface area contributed by atoms with E-state index in [1.807, 2.05) is 31.2 Å². The fourth-order valence-corrected chi connectivity index (χ4v) is 2.20. The van der Waals surface area contributed by atoms with Gasteiger partial charge < -0.3 is 15.6 Å². The van der Waals surface area contributed by atoms with Crippen molar-refractivity contribution >= 4 is 5.97 Å². The molecule has 0 spiro atoms. The van der Waals surface area contributed by atoms with Gasteiger partial charge in [0.2, 0.25) is 0 Å². The summed E-state index contributed by atoms with van der Waals surface area (Å²) in [5.74, 6) is -0.121. The van der Waals surface area contributed by atoms with Crippen LogP contribution in [0, 0.1) is 11.8 Å². The first-order chi connectivity index (χ1) is 9.06. The number of carboxylic acids is 1. The van der Waals surface area contributed by atoms with Gasteiger partial charge in [0.1, 0.15) is 5.75 Å². The Morgan fingerprint density at radius 3 is 2.79 bits per heavy atom. The Kier molecular flexibility index (Phi) is 6.36. The molecule has 2 unspecified atom stereocenters. The molecule has 0 aliphatic carbocycles. The highest BCUT2D eigenvalue weighted by Gasteiger charge is 2.18. The molecule has 0 saturated carbocycles. The first kappa shape index (κ1) is 15.5. The van der Waals surface area contributed by atoms with Gasteiger partial charge in [-0.3, -0.25) is 4.79 Å². The molecule has 0 bridgehead atoms. The third kappa shape index (κ3) is 5.30. The van der Waals surface area contributed by atoms with Crippen LogP contribution in [0.25, 0.3) is 0 Å². The molecule has 4 heteroatoms. The highest BCUT2D eigenvalue weighted by molar-refractivity contribution is 5.70. The van der Waals surface area contributed by atoms with Gasteiger partial charge in [0.05, 0.1) is 12.5 Å². The highest BCUT2D eigenvalue weighted by Crippen LogP contribution is 2.20. The summed E-state index contributed by atoms with van der Waals surface area (Å²) in [6.07, 6.45) is 1.44. The average molecular weight is 265 g/mol. The van der Waals surface area contributed by atoms with Crippen molar-refractivity contribution in [3.05, 3.63) is 29.8 Å². The van der Waals surface area contributed by atoms with Crippen LogP contribution >= 0.6 is 0 Å². The Labute approximate surface area is 114 Å². The molecule has 1 aromatic rings. The Morgan fingerprint density at radius 2 is 2.21 bits per heavy atom. The van der Waals surface area contributed by atoms with Crippen LogP contribution in [0.15, 0.2) is 24.3 Å². The average Bonchev–Trinajstić information content (AvgIpc) is 2.36. The van der Waals surface area contributed by atoms with Crippen molar-refractivity contribution < 1.29 is 14.6 Å². The zero-order valence-electron chi connectivity index (χ0n) is 11.6. The second-order valence-corrected chi connectivity index (χ2v) is 4.90. The smallest absolute Gasteiger partial charge is 0.307 e. The van der Waals surface area contributed by atoms with Gasteiger partial charge >= 0.3 is 5.97 Å². The van der Waals surface area contributed by atoms with Crippen LogP contribution in [0.1, 0.15) is 25.8 Å². The van der Waals surface area contributed by atoms with Crippen LogP contribution in [0.3, 0.4) is 0 Å². The van der Waals surface area contributed by atoms with Gasteiger partial charge in [-0.05, 0) is 43.4 Å². The van der Waals surface area contributed by atoms with E-state index in [1.165, 1.54) is 5.56 Å². The number of rotatable bonds is 8. The monoisotopic (exact) mass is 265 g/mol. The molecule has 106 valence electrons. The van der Waals surface area contributed by atoms with Crippen molar-refractivity contribution in [3.63, 3.8) is 0 Å². The summed E-state index contributed by atoms with van der Waals surface area (Å²) in [7, 11) is 0. The maximum atomic E-state index is 11.0. The van der Waals surface area contributed by atoms with Gasteiger partial charge in [-0.25, -0.2) is 0 Å². The van der Waals surface area contributed by atoms with Gasteiger partial charge in [-0.2, -0.15) is 0 Å². The third-order valence-corrected chi connectivity index (χ3v) is 3.11. The fraction of sp³-hybridized carbons (Fsp3) is 0.533. The van der Waals surface area contributed by atoms with Crippen molar-refractivity contribution in [3.8, 4) is 5.75 Å².